The molecule has 1 heterocycles. The summed E-state index contributed by atoms with van der Waals surface area (Å²) in [5.41, 5.74) is 1.10. The van der Waals surface area contributed by atoms with E-state index < -0.39 is 10.0 Å². The smallest absolute Gasteiger partial charge is 0.242 e. The molecule has 6 heteroatoms. The van der Waals surface area contributed by atoms with Gasteiger partial charge in [0.05, 0.1) is 4.90 Å². The summed E-state index contributed by atoms with van der Waals surface area (Å²) in [5, 5.41) is 3.36. The summed E-state index contributed by atoms with van der Waals surface area (Å²) in [7, 11) is -3.36. The molecule has 2 aliphatic carbocycles. The molecule has 2 fully saturated rings. The van der Waals surface area contributed by atoms with Crippen molar-refractivity contribution in [2.45, 2.75) is 50.1 Å². The first kappa shape index (κ1) is 13.1. The van der Waals surface area contributed by atoms with E-state index in [0.29, 0.717) is 24.0 Å². The fourth-order valence-electron chi connectivity index (χ4n) is 1.96. The number of rotatable bonds is 7. The van der Waals surface area contributed by atoms with Crippen molar-refractivity contribution in [3.63, 3.8) is 0 Å². The average Bonchev–Trinajstić information content (AvgIpc) is 3.28. The van der Waals surface area contributed by atoms with E-state index in [0.717, 1.165) is 18.5 Å². The second-order valence-corrected chi connectivity index (χ2v) is 7.92. The Hall–Kier alpha value is -0.850. The Kier molecular flexibility index (Phi) is 3.19. The number of hydrogen-bond donors (Lipinski definition) is 3. The Labute approximate surface area is 114 Å². The average molecular weight is 283 g/mol. The van der Waals surface area contributed by atoms with Gasteiger partial charge in [-0.1, -0.05) is 6.92 Å². The molecule has 5 nitrogen and oxygen atoms in total. The minimum absolute atomic E-state index is 0.180. The van der Waals surface area contributed by atoms with Crippen LogP contribution in [0.5, 0.6) is 0 Å². The highest BCUT2D eigenvalue weighted by Crippen LogP contribution is 2.44. The van der Waals surface area contributed by atoms with Gasteiger partial charge in [0, 0.05) is 31.0 Å². The van der Waals surface area contributed by atoms with Crippen LogP contribution in [0.4, 0.5) is 0 Å². The SMILES string of the molecule is CC1(CNS(=O)(=O)c2c[nH]c(CNC3CC3)c2)CC1. The molecule has 0 atom stereocenters. The number of sulfonamides is 1. The number of hydrogen-bond acceptors (Lipinski definition) is 3. The Morgan fingerprint density at radius 2 is 2.16 bits per heavy atom. The van der Waals surface area contributed by atoms with Gasteiger partial charge in [-0.05, 0) is 37.2 Å². The summed E-state index contributed by atoms with van der Waals surface area (Å²) < 4.78 is 26.9. The highest BCUT2D eigenvalue weighted by atomic mass is 32.2. The first-order valence-electron chi connectivity index (χ1n) is 6.87. The van der Waals surface area contributed by atoms with Gasteiger partial charge in [-0.2, -0.15) is 0 Å². The third-order valence-corrected chi connectivity index (χ3v) is 5.36. The van der Waals surface area contributed by atoms with Crippen molar-refractivity contribution in [3.05, 3.63) is 18.0 Å². The second-order valence-electron chi connectivity index (χ2n) is 6.15. The minimum atomic E-state index is -3.36. The van der Waals surface area contributed by atoms with Gasteiger partial charge in [0.2, 0.25) is 10.0 Å². The Morgan fingerprint density at radius 1 is 1.42 bits per heavy atom. The fraction of sp³-hybridized carbons (Fsp3) is 0.692. The van der Waals surface area contributed by atoms with E-state index in [1.54, 1.807) is 12.3 Å². The summed E-state index contributed by atoms with van der Waals surface area (Å²) in [5.74, 6) is 0. The maximum Gasteiger partial charge on any atom is 0.242 e. The van der Waals surface area contributed by atoms with E-state index in [2.05, 4.69) is 21.9 Å². The zero-order chi connectivity index (χ0) is 13.5. The lowest BCUT2D eigenvalue weighted by atomic mass is 10.2. The monoisotopic (exact) mass is 283 g/mol. The van der Waals surface area contributed by atoms with Crippen LogP contribution >= 0.6 is 0 Å². The van der Waals surface area contributed by atoms with Crippen LogP contribution in [0.25, 0.3) is 0 Å². The molecule has 0 aromatic carbocycles. The van der Waals surface area contributed by atoms with Gasteiger partial charge < -0.3 is 10.3 Å². The van der Waals surface area contributed by atoms with Gasteiger partial charge in [0.25, 0.3) is 0 Å². The van der Waals surface area contributed by atoms with E-state index in [1.807, 2.05) is 0 Å². The molecule has 1 aromatic heterocycles. The maximum absolute atomic E-state index is 12.1. The van der Waals surface area contributed by atoms with E-state index in [9.17, 15) is 8.42 Å². The van der Waals surface area contributed by atoms with Gasteiger partial charge in [0.1, 0.15) is 0 Å². The third-order valence-electron chi connectivity index (χ3n) is 3.98. The molecule has 0 bridgehead atoms. The molecule has 1 aromatic rings. The van der Waals surface area contributed by atoms with Crippen molar-refractivity contribution in [2.75, 3.05) is 6.54 Å². The van der Waals surface area contributed by atoms with Crippen LogP contribution in [-0.4, -0.2) is 26.0 Å². The molecule has 2 aliphatic rings. The van der Waals surface area contributed by atoms with Crippen LogP contribution in [0.1, 0.15) is 38.3 Å². The molecule has 3 N–H and O–H groups in total. The number of nitrogens with one attached hydrogen (secondary N) is 3. The van der Waals surface area contributed by atoms with Crippen LogP contribution < -0.4 is 10.0 Å². The topological polar surface area (TPSA) is 74.0 Å². The van der Waals surface area contributed by atoms with Crippen LogP contribution in [-0.2, 0) is 16.6 Å². The molecule has 3 rings (SSSR count). The number of aromatic nitrogens is 1. The van der Waals surface area contributed by atoms with E-state index in [1.165, 1.54) is 12.8 Å². The first-order valence-corrected chi connectivity index (χ1v) is 8.36. The summed E-state index contributed by atoms with van der Waals surface area (Å²) in [6.07, 6.45) is 6.25. The number of H-pyrrole nitrogens is 1. The van der Waals surface area contributed by atoms with Crippen molar-refractivity contribution in [3.8, 4) is 0 Å². The zero-order valence-corrected chi connectivity index (χ0v) is 12.0. The molecular formula is C13H21N3O2S. The van der Waals surface area contributed by atoms with Crippen LogP contribution in [0.15, 0.2) is 17.2 Å². The van der Waals surface area contributed by atoms with E-state index >= 15 is 0 Å². The molecule has 0 saturated heterocycles. The highest BCUT2D eigenvalue weighted by Gasteiger charge is 2.38. The third kappa shape index (κ3) is 3.38. The molecule has 0 amide bonds. The predicted molar refractivity (Wildman–Crippen MR) is 73.2 cm³/mol. The van der Waals surface area contributed by atoms with Crippen LogP contribution in [0, 0.1) is 5.41 Å². The summed E-state index contributed by atoms with van der Waals surface area (Å²) in [6, 6.07) is 2.34. The largest absolute Gasteiger partial charge is 0.363 e. The lowest BCUT2D eigenvalue weighted by Gasteiger charge is -2.09. The van der Waals surface area contributed by atoms with Gasteiger partial charge >= 0.3 is 0 Å². The normalized spacial score (nSPS) is 21.5. The Morgan fingerprint density at radius 3 is 2.79 bits per heavy atom. The van der Waals surface area contributed by atoms with Crippen molar-refractivity contribution in [2.24, 2.45) is 5.41 Å². The van der Waals surface area contributed by atoms with Gasteiger partial charge in [-0.3, -0.25) is 0 Å². The van der Waals surface area contributed by atoms with Gasteiger partial charge in [-0.15, -0.1) is 0 Å². The molecule has 106 valence electrons. The fourth-order valence-corrected chi connectivity index (χ4v) is 3.18. The Bertz CT molecular complexity index is 556. The van der Waals surface area contributed by atoms with E-state index in [-0.39, 0.29) is 5.41 Å². The number of aromatic amines is 1. The first-order chi connectivity index (χ1) is 8.97. The molecule has 0 radical (unpaired) electrons. The predicted octanol–water partition coefficient (Wildman–Crippen LogP) is 1.35. The second kappa shape index (κ2) is 4.61. The van der Waals surface area contributed by atoms with Crippen molar-refractivity contribution < 1.29 is 8.42 Å². The molecule has 0 spiro atoms. The molecular weight excluding hydrogens is 262 g/mol. The summed E-state index contributed by atoms with van der Waals surface area (Å²) >= 11 is 0. The van der Waals surface area contributed by atoms with Gasteiger partial charge in [-0.25, -0.2) is 13.1 Å². The molecule has 0 unspecified atom stereocenters. The zero-order valence-electron chi connectivity index (χ0n) is 11.2. The quantitative estimate of drug-likeness (QED) is 0.707. The molecule has 19 heavy (non-hydrogen) atoms. The lowest BCUT2D eigenvalue weighted by molar-refractivity contribution is 0.530. The van der Waals surface area contributed by atoms with Crippen molar-refractivity contribution in [1.29, 1.82) is 0 Å². The van der Waals surface area contributed by atoms with Crippen molar-refractivity contribution in [1.82, 2.24) is 15.0 Å². The van der Waals surface area contributed by atoms with Crippen molar-refractivity contribution >= 4 is 10.0 Å². The summed E-state index contributed by atoms with van der Waals surface area (Å²) in [4.78, 5) is 3.36. The lowest BCUT2D eigenvalue weighted by Crippen LogP contribution is -2.28. The maximum atomic E-state index is 12.1. The minimum Gasteiger partial charge on any atom is -0.363 e. The van der Waals surface area contributed by atoms with Crippen LogP contribution in [0.2, 0.25) is 0 Å². The van der Waals surface area contributed by atoms with Gasteiger partial charge in [0.15, 0.2) is 0 Å². The standard InChI is InChI=1S/C13H21N3O2S/c1-13(4-5-13)9-16-19(17,18)12-6-11(15-8-12)7-14-10-2-3-10/h6,8,10,14-16H,2-5,7,9H2,1H3. The summed E-state index contributed by atoms with van der Waals surface area (Å²) in [6.45, 7) is 3.35. The van der Waals surface area contributed by atoms with Crippen LogP contribution in [0.3, 0.4) is 0 Å². The van der Waals surface area contributed by atoms with E-state index in [4.69, 9.17) is 0 Å². The highest BCUT2D eigenvalue weighted by molar-refractivity contribution is 7.89. The molecule has 2 saturated carbocycles. The Balaban J connectivity index is 1.59. The molecule has 0 aliphatic heterocycles.